The summed E-state index contributed by atoms with van der Waals surface area (Å²) in [5.41, 5.74) is 1.59. The monoisotopic (exact) mass is 353 g/mol. The van der Waals surface area contributed by atoms with Gasteiger partial charge in [0, 0.05) is 10.6 Å². The quantitative estimate of drug-likeness (QED) is 0.500. The molecule has 1 aromatic carbocycles. The summed E-state index contributed by atoms with van der Waals surface area (Å²) in [7, 11) is 1.26. The maximum atomic E-state index is 13.7. The molecular weight excluding hydrogens is 336 g/mol. The number of aryl methyl sites for hydroxylation is 1. The molecule has 1 heterocycles. The largest absolute Gasteiger partial charge is 0.465 e. The van der Waals surface area contributed by atoms with Crippen molar-refractivity contribution in [3.8, 4) is 0 Å². The molecule has 0 saturated heterocycles. The van der Waals surface area contributed by atoms with Crippen molar-refractivity contribution in [2.45, 2.75) is 30.9 Å². The summed E-state index contributed by atoms with van der Waals surface area (Å²) < 4.78 is 31.7. The zero-order valence-corrected chi connectivity index (χ0v) is 14.5. The Labute approximate surface area is 142 Å². The lowest BCUT2D eigenvalue weighted by Gasteiger charge is -2.11. The Hall–Kier alpha value is -2.15. The van der Waals surface area contributed by atoms with Gasteiger partial charge in [-0.2, -0.15) is 0 Å². The van der Waals surface area contributed by atoms with Crippen LogP contribution in [0.2, 0.25) is 0 Å². The molecule has 0 radical (unpaired) electrons. The molecule has 0 aliphatic rings. The SMILES string of the molecule is COC(=O)c1c(C)[nH]c(C(=O)[C@@H](C)Sc2cc(F)ccc2F)c1C. The van der Waals surface area contributed by atoms with Crippen LogP contribution in [-0.2, 0) is 4.74 Å². The van der Waals surface area contributed by atoms with Crippen molar-refractivity contribution in [1.82, 2.24) is 4.98 Å². The van der Waals surface area contributed by atoms with Gasteiger partial charge in [0.15, 0.2) is 5.78 Å². The Balaban J connectivity index is 2.28. The molecule has 0 saturated carbocycles. The number of hydrogen-bond acceptors (Lipinski definition) is 4. The maximum absolute atomic E-state index is 13.7. The fraction of sp³-hybridized carbons (Fsp3) is 0.294. The number of aromatic amines is 1. The number of hydrogen-bond donors (Lipinski definition) is 1. The molecule has 0 unspecified atom stereocenters. The second-order valence-corrected chi connectivity index (χ2v) is 6.70. The summed E-state index contributed by atoms with van der Waals surface area (Å²) in [5, 5.41) is -0.663. The summed E-state index contributed by atoms with van der Waals surface area (Å²) in [6.07, 6.45) is 0. The van der Waals surface area contributed by atoms with Crippen molar-refractivity contribution in [2.24, 2.45) is 0 Å². The van der Waals surface area contributed by atoms with E-state index in [1.54, 1.807) is 20.8 Å². The van der Waals surface area contributed by atoms with Crippen molar-refractivity contribution >= 4 is 23.5 Å². The van der Waals surface area contributed by atoms with E-state index in [0.29, 0.717) is 16.8 Å². The van der Waals surface area contributed by atoms with Crippen molar-refractivity contribution in [2.75, 3.05) is 7.11 Å². The number of carbonyl (C=O) groups excluding carboxylic acids is 2. The normalized spacial score (nSPS) is 12.1. The highest BCUT2D eigenvalue weighted by Crippen LogP contribution is 2.30. The topological polar surface area (TPSA) is 59.2 Å². The Morgan fingerprint density at radius 1 is 1.25 bits per heavy atom. The molecule has 1 N–H and O–H groups in total. The maximum Gasteiger partial charge on any atom is 0.339 e. The predicted molar refractivity (Wildman–Crippen MR) is 87.6 cm³/mol. The highest BCUT2D eigenvalue weighted by molar-refractivity contribution is 8.00. The van der Waals surface area contributed by atoms with E-state index < -0.39 is 22.9 Å². The Morgan fingerprint density at radius 3 is 2.54 bits per heavy atom. The van der Waals surface area contributed by atoms with Crippen LogP contribution in [0.25, 0.3) is 0 Å². The minimum absolute atomic E-state index is 0.0602. The molecule has 128 valence electrons. The first kappa shape index (κ1) is 18.2. The van der Waals surface area contributed by atoms with Crippen LogP contribution < -0.4 is 0 Å². The van der Waals surface area contributed by atoms with E-state index in [1.807, 2.05) is 0 Å². The number of Topliss-reactive ketones (excluding diaryl/α,β-unsaturated/α-hetero) is 1. The molecular formula is C17H17F2NO3S. The molecule has 0 aliphatic heterocycles. The standard InChI is InChI=1S/C17H17F2NO3S/c1-8-14(17(22)23-4)9(2)20-15(8)16(21)10(3)24-13-7-11(18)5-6-12(13)19/h5-7,10,20H,1-4H3/t10-/m1/s1. The van der Waals surface area contributed by atoms with Crippen molar-refractivity contribution in [3.63, 3.8) is 0 Å². The summed E-state index contributed by atoms with van der Waals surface area (Å²) >= 11 is 0.925. The van der Waals surface area contributed by atoms with Crippen LogP contribution >= 0.6 is 11.8 Å². The number of ether oxygens (including phenoxy) is 1. The van der Waals surface area contributed by atoms with Gasteiger partial charge in [0.05, 0.1) is 23.6 Å². The van der Waals surface area contributed by atoms with Gasteiger partial charge >= 0.3 is 5.97 Å². The van der Waals surface area contributed by atoms with Crippen LogP contribution in [0, 0.1) is 25.5 Å². The molecule has 0 aliphatic carbocycles. The number of thioether (sulfide) groups is 1. The number of ketones is 1. The fourth-order valence-electron chi connectivity index (χ4n) is 2.42. The Morgan fingerprint density at radius 2 is 1.92 bits per heavy atom. The second-order valence-electron chi connectivity index (χ2n) is 5.32. The number of rotatable bonds is 5. The van der Waals surface area contributed by atoms with Gasteiger partial charge < -0.3 is 9.72 Å². The number of methoxy groups -OCH3 is 1. The van der Waals surface area contributed by atoms with Gasteiger partial charge in [-0.1, -0.05) is 0 Å². The number of aromatic nitrogens is 1. The third kappa shape index (κ3) is 3.51. The lowest BCUT2D eigenvalue weighted by Crippen LogP contribution is -2.15. The minimum atomic E-state index is -0.663. The van der Waals surface area contributed by atoms with Gasteiger partial charge in [-0.3, -0.25) is 4.79 Å². The first-order valence-corrected chi connectivity index (χ1v) is 8.07. The van der Waals surface area contributed by atoms with Gasteiger partial charge in [0.25, 0.3) is 0 Å². The van der Waals surface area contributed by atoms with Crippen LogP contribution in [0.15, 0.2) is 23.1 Å². The molecule has 7 heteroatoms. The van der Waals surface area contributed by atoms with Gasteiger partial charge in [-0.15, -0.1) is 11.8 Å². The zero-order valence-electron chi connectivity index (χ0n) is 13.7. The molecule has 1 atom stereocenters. The fourth-order valence-corrected chi connectivity index (χ4v) is 3.39. The minimum Gasteiger partial charge on any atom is -0.465 e. The second kappa shape index (κ2) is 7.17. The first-order chi connectivity index (χ1) is 11.3. The van der Waals surface area contributed by atoms with E-state index >= 15 is 0 Å². The molecule has 0 bridgehead atoms. The van der Waals surface area contributed by atoms with Crippen LogP contribution in [0.4, 0.5) is 8.78 Å². The number of benzene rings is 1. The summed E-state index contributed by atoms with van der Waals surface area (Å²) in [4.78, 5) is 27.4. The van der Waals surface area contributed by atoms with Gasteiger partial charge in [0.1, 0.15) is 11.6 Å². The average Bonchev–Trinajstić information content (AvgIpc) is 2.84. The van der Waals surface area contributed by atoms with Crippen molar-refractivity contribution in [3.05, 3.63) is 52.3 Å². The lowest BCUT2D eigenvalue weighted by molar-refractivity contribution is 0.0599. The van der Waals surface area contributed by atoms with Crippen LogP contribution in [0.3, 0.4) is 0 Å². The number of halogens is 2. The van der Waals surface area contributed by atoms with Gasteiger partial charge in [-0.05, 0) is 44.5 Å². The average molecular weight is 353 g/mol. The molecule has 2 rings (SSSR count). The van der Waals surface area contributed by atoms with E-state index in [0.717, 1.165) is 30.0 Å². The van der Waals surface area contributed by atoms with E-state index in [9.17, 15) is 18.4 Å². The third-order valence-electron chi connectivity index (χ3n) is 3.64. The molecule has 2 aromatic rings. The van der Waals surface area contributed by atoms with Crippen LogP contribution in [0.5, 0.6) is 0 Å². The molecule has 0 fully saturated rings. The highest BCUT2D eigenvalue weighted by Gasteiger charge is 2.26. The van der Waals surface area contributed by atoms with Crippen molar-refractivity contribution in [1.29, 1.82) is 0 Å². The predicted octanol–water partition coefficient (Wildman–Crippen LogP) is 4.06. The summed E-state index contributed by atoms with van der Waals surface area (Å²) in [5.74, 6) is -2.00. The summed E-state index contributed by atoms with van der Waals surface area (Å²) in [6.45, 7) is 4.91. The van der Waals surface area contributed by atoms with E-state index in [-0.39, 0.29) is 16.4 Å². The highest BCUT2D eigenvalue weighted by atomic mass is 32.2. The van der Waals surface area contributed by atoms with Crippen molar-refractivity contribution < 1.29 is 23.1 Å². The number of esters is 1. The van der Waals surface area contributed by atoms with Crippen LogP contribution in [-0.4, -0.2) is 29.1 Å². The number of H-pyrrole nitrogens is 1. The molecule has 0 amide bonds. The molecule has 1 aromatic heterocycles. The first-order valence-electron chi connectivity index (χ1n) is 7.19. The van der Waals surface area contributed by atoms with Crippen LogP contribution in [0.1, 0.15) is 39.0 Å². The molecule has 0 spiro atoms. The smallest absolute Gasteiger partial charge is 0.339 e. The number of carbonyl (C=O) groups is 2. The van der Waals surface area contributed by atoms with Gasteiger partial charge in [-0.25, -0.2) is 13.6 Å². The van der Waals surface area contributed by atoms with E-state index in [2.05, 4.69) is 4.98 Å². The molecule has 24 heavy (non-hydrogen) atoms. The summed E-state index contributed by atoms with van der Waals surface area (Å²) in [6, 6.07) is 3.09. The molecule has 4 nitrogen and oxygen atoms in total. The Bertz CT molecular complexity index is 801. The Kier molecular flexibility index (Phi) is 5.43. The van der Waals surface area contributed by atoms with Gasteiger partial charge in [0.2, 0.25) is 0 Å². The van der Waals surface area contributed by atoms with E-state index in [1.165, 1.54) is 7.11 Å². The van der Waals surface area contributed by atoms with E-state index in [4.69, 9.17) is 4.74 Å². The lowest BCUT2D eigenvalue weighted by atomic mass is 10.1. The third-order valence-corrected chi connectivity index (χ3v) is 4.77. The zero-order chi connectivity index (χ0) is 18.0. The number of nitrogens with one attached hydrogen (secondary N) is 1.